The van der Waals surface area contributed by atoms with Crippen molar-refractivity contribution in [1.29, 1.82) is 0 Å². The van der Waals surface area contributed by atoms with Crippen LogP contribution < -0.4 is 10.6 Å². The molecule has 2 N–H and O–H groups in total. The van der Waals surface area contributed by atoms with E-state index in [1.165, 1.54) is 5.56 Å². The highest BCUT2D eigenvalue weighted by Crippen LogP contribution is 2.07. The highest BCUT2D eigenvalue weighted by molar-refractivity contribution is 5.92. The molecule has 0 unspecified atom stereocenters. The molecule has 1 aromatic heterocycles. The molecule has 0 aliphatic carbocycles. The number of carbonyl (C=O) groups is 1. The van der Waals surface area contributed by atoms with Gasteiger partial charge < -0.3 is 10.6 Å². The van der Waals surface area contributed by atoms with Crippen molar-refractivity contribution in [2.75, 3.05) is 18.4 Å². The van der Waals surface area contributed by atoms with E-state index in [9.17, 15) is 4.79 Å². The number of aromatic nitrogens is 1. The summed E-state index contributed by atoms with van der Waals surface area (Å²) in [6, 6.07) is 13.9. The highest BCUT2D eigenvalue weighted by atomic mass is 16.1. The minimum atomic E-state index is -0.189. The van der Waals surface area contributed by atoms with Crippen molar-refractivity contribution in [3.05, 3.63) is 72.6 Å². The van der Waals surface area contributed by atoms with E-state index in [1.807, 2.05) is 24.3 Å². The Kier molecular flexibility index (Phi) is 5.52. The lowest BCUT2D eigenvalue weighted by Crippen LogP contribution is -2.24. The van der Waals surface area contributed by atoms with Crippen molar-refractivity contribution >= 4 is 11.6 Å². The summed E-state index contributed by atoms with van der Waals surface area (Å²) in [6.45, 7) is 4.82. The minimum Gasteiger partial charge on any atom is -0.383 e. The summed E-state index contributed by atoms with van der Waals surface area (Å²) in [4.78, 5) is 15.8. The number of hydrogen-bond acceptors (Lipinski definition) is 3. The average Bonchev–Trinajstić information content (AvgIpc) is 2.54. The lowest BCUT2D eigenvalue weighted by Gasteiger charge is -2.07. The number of amides is 1. The molecule has 0 radical (unpaired) electrons. The van der Waals surface area contributed by atoms with Gasteiger partial charge in [-0.2, -0.15) is 0 Å². The number of nitrogens with zero attached hydrogens (tertiary/aromatic N) is 1. The number of benzene rings is 1. The van der Waals surface area contributed by atoms with Gasteiger partial charge in [-0.1, -0.05) is 36.4 Å². The second-order valence-electron chi connectivity index (χ2n) is 4.59. The third-order valence-electron chi connectivity index (χ3n) is 2.99. The first-order valence-electron chi connectivity index (χ1n) is 6.92. The molecule has 0 spiro atoms. The fourth-order valence-corrected chi connectivity index (χ4v) is 1.88. The lowest BCUT2D eigenvalue weighted by atomic mass is 10.1. The molecule has 1 aromatic carbocycles. The van der Waals surface area contributed by atoms with Crippen LogP contribution in [-0.2, 0) is 6.42 Å². The first kappa shape index (κ1) is 14.8. The van der Waals surface area contributed by atoms with E-state index in [1.54, 1.807) is 18.3 Å². The third-order valence-corrected chi connectivity index (χ3v) is 2.99. The second-order valence-corrected chi connectivity index (χ2v) is 4.59. The van der Waals surface area contributed by atoms with Crippen LogP contribution in [0.25, 0.3) is 0 Å². The van der Waals surface area contributed by atoms with E-state index in [4.69, 9.17) is 0 Å². The van der Waals surface area contributed by atoms with Gasteiger partial charge in [0.1, 0.15) is 5.69 Å². The molecule has 0 saturated carbocycles. The Morgan fingerprint density at radius 2 is 2.00 bits per heavy atom. The van der Waals surface area contributed by atoms with Gasteiger partial charge in [0.2, 0.25) is 0 Å². The summed E-state index contributed by atoms with van der Waals surface area (Å²) in [5.41, 5.74) is 2.61. The van der Waals surface area contributed by atoms with E-state index in [-0.39, 0.29) is 5.91 Å². The first-order chi connectivity index (χ1) is 10.3. The van der Waals surface area contributed by atoms with Gasteiger partial charge in [0, 0.05) is 13.1 Å². The molecule has 0 aliphatic heterocycles. The Hall–Kier alpha value is -2.62. The van der Waals surface area contributed by atoms with Crippen LogP contribution in [0, 0.1) is 0 Å². The molecule has 108 valence electrons. The Morgan fingerprint density at radius 1 is 1.19 bits per heavy atom. The summed E-state index contributed by atoms with van der Waals surface area (Å²) < 4.78 is 0. The van der Waals surface area contributed by atoms with Crippen LogP contribution in [0.4, 0.5) is 5.69 Å². The quantitative estimate of drug-likeness (QED) is 0.767. The predicted octanol–water partition coefficient (Wildman–Crippen LogP) is 2.65. The van der Waals surface area contributed by atoms with Gasteiger partial charge in [-0.25, -0.2) is 4.98 Å². The van der Waals surface area contributed by atoms with Gasteiger partial charge in [-0.05, 0) is 24.1 Å². The zero-order valence-corrected chi connectivity index (χ0v) is 11.9. The minimum absolute atomic E-state index is 0.189. The van der Waals surface area contributed by atoms with Gasteiger partial charge in [0.05, 0.1) is 11.9 Å². The third kappa shape index (κ3) is 4.76. The molecular weight excluding hydrogens is 262 g/mol. The van der Waals surface area contributed by atoms with Crippen molar-refractivity contribution in [1.82, 2.24) is 10.3 Å². The Morgan fingerprint density at radius 3 is 2.67 bits per heavy atom. The van der Waals surface area contributed by atoms with Crippen molar-refractivity contribution in [3.8, 4) is 0 Å². The van der Waals surface area contributed by atoms with E-state index < -0.39 is 0 Å². The Bertz CT molecular complexity index is 579. The average molecular weight is 281 g/mol. The molecule has 0 fully saturated rings. The molecular formula is C17H19N3O. The molecule has 0 aliphatic rings. The summed E-state index contributed by atoms with van der Waals surface area (Å²) in [5, 5.41) is 5.98. The molecule has 21 heavy (non-hydrogen) atoms. The molecule has 0 atom stereocenters. The molecule has 2 aromatic rings. The van der Waals surface area contributed by atoms with Gasteiger partial charge in [0.25, 0.3) is 5.91 Å². The SMILES string of the molecule is C=CCNC(=O)c1ccc(NCCc2ccccc2)cn1. The van der Waals surface area contributed by atoms with Gasteiger partial charge in [-0.15, -0.1) is 6.58 Å². The van der Waals surface area contributed by atoms with Gasteiger partial charge in [-0.3, -0.25) is 4.79 Å². The monoisotopic (exact) mass is 281 g/mol. The molecule has 4 heteroatoms. The summed E-state index contributed by atoms with van der Waals surface area (Å²) in [7, 11) is 0. The van der Waals surface area contributed by atoms with Crippen LogP contribution in [0.5, 0.6) is 0 Å². The number of rotatable bonds is 7. The topological polar surface area (TPSA) is 54.0 Å². The van der Waals surface area contributed by atoms with E-state index >= 15 is 0 Å². The van der Waals surface area contributed by atoms with Crippen molar-refractivity contribution < 1.29 is 4.79 Å². The Labute approximate surface area is 124 Å². The number of hydrogen-bond donors (Lipinski definition) is 2. The van der Waals surface area contributed by atoms with Crippen LogP contribution in [-0.4, -0.2) is 24.0 Å². The highest BCUT2D eigenvalue weighted by Gasteiger charge is 2.05. The summed E-state index contributed by atoms with van der Waals surface area (Å²) in [6.07, 6.45) is 4.26. The lowest BCUT2D eigenvalue weighted by molar-refractivity contribution is 0.0953. The largest absolute Gasteiger partial charge is 0.383 e. The number of nitrogens with one attached hydrogen (secondary N) is 2. The van der Waals surface area contributed by atoms with Crippen molar-refractivity contribution in [3.63, 3.8) is 0 Å². The molecule has 0 bridgehead atoms. The van der Waals surface area contributed by atoms with E-state index in [0.29, 0.717) is 12.2 Å². The number of carbonyl (C=O) groups excluding carboxylic acids is 1. The normalized spacial score (nSPS) is 9.90. The van der Waals surface area contributed by atoms with Crippen LogP contribution in [0.1, 0.15) is 16.1 Å². The van der Waals surface area contributed by atoms with Crippen molar-refractivity contribution in [2.24, 2.45) is 0 Å². The van der Waals surface area contributed by atoms with E-state index in [0.717, 1.165) is 18.7 Å². The number of anilines is 1. The maximum atomic E-state index is 11.7. The summed E-state index contributed by atoms with van der Waals surface area (Å²) >= 11 is 0. The van der Waals surface area contributed by atoms with Crippen molar-refractivity contribution in [2.45, 2.75) is 6.42 Å². The maximum absolute atomic E-state index is 11.7. The fraction of sp³-hybridized carbons (Fsp3) is 0.176. The molecule has 4 nitrogen and oxygen atoms in total. The molecule has 2 rings (SSSR count). The van der Waals surface area contributed by atoms with Crippen LogP contribution in [0.15, 0.2) is 61.3 Å². The Balaban J connectivity index is 1.82. The standard InChI is InChI=1S/C17H19N3O/c1-2-11-19-17(21)16-9-8-15(13-20-16)18-12-10-14-6-4-3-5-7-14/h2-9,13,18H,1,10-12H2,(H,19,21). The number of pyridine rings is 1. The van der Waals surface area contributed by atoms with Gasteiger partial charge >= 0.3 is 0 Å². The van der Waals surface area contributed by atoms with Crippen LogP contribution in [0.2, 0.25) is 0 Å². The smallest absolute Gasteiger partial charge is 0.270 e. The predicted molar refractivity (Wildman–Crippen MR) is 85.4 cm³/mol. The molecule has 0 saturated heterocycles. The van der Waals surface area contributed by atoms with Crippen LogP contribution >= 0.6 is 0 Å². The zero-order chi connectivity index (χ0) is 14.9. The second kappa shape index (κ2) is 7.85. The molecule has 1 amide bonds. The fourth-order valence-electron chi connectivity index (χ4n) is 1.88. The molecule has 1 heterocycles. The van der Waals surface area contributed by atoms with E-state index in [2.05, 4.69) is 34.3 Å². The van der Waals surface area contributed by atoms with Crippen LogP contribution in [0.3, 0.4) is 0 Å². The maximum Gasteiger partial charge on any atom is 0.270 e. The summed E-state index contributed by atoms with van der Waals surface area (Å²) in [5.74, 6) is -0.189. The van der Waals surface area contributed by atoms with Gasteiger partial charge in [0.15, 0.2) is 0 Å². The zero-order valence-electron chi connectivity index (χ0n) is 11.9. The first-order valence-corrected chi connectivity index (χ1v) is 6.92.